The minimum Gasteiger partial charge on any atom is -0.477 e. The van der Waals surface area contributed by atoms with Crippen LogP contribution < -0.4 is 5.32 Å². The van der Waals surface area contributed by atoms with Crippen molar-refractivity contribution in [2.45, 2.75) is 64.2 Å². The Labute approximate surface area is 180 Å². The highest BCUT2D eigenvalue weighted by Crippen LogP contribution is 2.30. The summed E-state index contributed by atoms with van der Waals surface area (Å²) in [6, 6.07) is 10.6. The molecule has 3 rings (SSSR count). The summed E-state index contributed by atoms with van der Waals surface area (Å²) >= 11 is 1.18. The third-order valence-corrected chi connectivity index (χ3v) is 6.29. The first-order valence-corrected chi connectivity index (χ1v) is 11.2. The van der Waals surface area contributed by atoms with Gasteiger partial charge < -0.3 is 15.2 Å². The van der Waals surface area contributed by atoms with E-state index in [0.717, 1.165) is 29.7 Å². The van der Waals surface area contributed by atoms with E-state index in [2.05, 4.69) is 12.2 Å². The molecule has 1 aromatic carbocycles. The van der Waals surface area contributed by atoms with E-state index < -0.39 is 5.97 Å². The summed E-state index contributed by atoms with van der Waals surface area (Å²) in [5.41, 5.74) is 1.58. The number of benzene rings is 1. The number of carbonyl (C=O) groups is 3. The van der Waals surface area contributed by atoms with Crippen molar-refractivity contribution in [3.8, 4) is 0 Å². The van der Waals surface area contributed by atoms with Crippen molar-refractivity contribution < 1.29 is 24.2 Å². The fourth-order valence-electron chi connectivity index (χ4n) is 3.59. The summed E-state index contributed by atoms with van der Waals surface area (Å²) < 4.78 is 6.14. The number of nitrogens with one attached hydrogen (secondary N) is 1. The van der Waals surface area contributed by atoms with Gasteiger partial charge in [0.2, 0.25) is 5.91 Å². The Hall–Kier alpha value is -2.51. The molecule has 1 aliphatic rings. The molecule has 1 saturated heterocycles. The minimum absolute atomic E-state index is 0.000564. The van der Waals surface area contributed by atoms with Gasteiger partial charge in [-0.25, -0.2) is 4.79 Å². The van der Waals surface area contributed by atoms with Gasteiger partial charge in [-0.05, 0) is 30.5 Å². The van der Waals surface area contributed by atoms with Gasteiger partial charge in [0.1, 0.15) is 11.0 Å². The lowest BCUT2D eigenvalue weighted by atomic mass is 9.97. The van der Waals surface area contributed by atoms with Gasteiger partial charge in [0, 0.05) is 23.3 Å². The molecule has 0 bridgehead atoms. The van der Waals surface area contributed by atoms with Crippen molar-refractivity contribution in [1.29, 1.82) is 0 Å². The topological polar surface area (TPSA) is 92.7 Å². The zero-order valence-electron chi connectivity index (χ0n) is 17.1. The molecule has 0 spiro atoms. The molecule has 2 atom stereocenters. The van der Waals surface area contributed by atoms with Gasteiger partial charge in [-0.1, -0.05) is 44.0 Å². The Morgan fingerprint density at radius 1 is 1.20 bits per heavy atom. The summed E-state index contributed by atoms with van der Waals surface area (Å²) in [5.74, 6) is -0.813. The van der Waals surface area contributed by atoms with Crippen molar-refractivity contribution in [2.24, 2.45) is 0 Å². The molecule has 6 nitrogen and oxygen atoms in total. The van der Waals surface area contributed by atoms with Crippen LogP contribution in [0.4, 0.5) is 0 Å². The lowest BCUT2D eigenvalue weighted by molar-refractivity contribution is -0.119. The molecular formula is C23H27NO5S. The van der Waals surface area contributed by atoms with E-state index in [1.165, 1.54) is 11.3 Å². The number of carbonyl (C=O) groups excluding carboxylic acids is 2. The van der Waals surface area contributed by atoms with Gasteiger partial charge in [-0.3, -0.25) is 9.59 Å². The summed E-state index contributed by atoms with van der Waals surface area (Å²) in [5, 5.41) is 12.1. The second kappa shape index (κ2) is 10.5. The van der Waals surface area contributed by atoms with E-state index in [1.54, 1.807) is 12.1 Å². The Balaban J connectivity index is 1.70. The fourth-order valence-corrected chi connectivity index (χ4v) is 4.36. The third-order valence-electron chi connectivity index (χ3n) is 5.24. The van der Waals surface area contributed by atoms with Gasteiger partial charge in [0.05, 0.1) is 12.6 Å². The van der Waals surface area contributed by atoms with E-state index in [-0.39, 0.29) is 35.3 Å². The Morgan fingerprint density at radius 3 is 2.57 bits per heavy atom. The molecule has 160 valence electrons. The number of aromatic carboxylic acids is 1. The molecule has 2 heterocycles. The molecule has 1 amide bonds. The highest BCUT2D eigenvalue weighted by Gasteiger charge is 2.31. The van der Waals surface area contributed by atoms with E-state index in [4.69, 9.17) is 9.84 Å². The van der Waals surface area contributed by atoms with Crippen LogP contribution in [0, 0.1) is 0 Å². The fraction of sp³-hybridized carbons (Fsp3) is 0.435. The maximum absolute atomic E-state index is 12.3. The Morgan fingerprint density at radius 2 is 1.97 bits per heavy atom. The molecule has 1 aromatic heterocycles. The van der Waals surface area contributed by atoms with Crippen molar-refractivity contribution in [1.82, 2.24) is 5.32 Å². The number of carboxylic acids is 1. The van der Waals surface area contributed by atoms with Crippen LogP contribution in [0.1, 0.15) is 82.0 Å². The SMILES string of the molecule is CCCCCC(=O)c1ccc(C(OCc2ccc(C(=O)O)s2)C2CCC(=O)N2)cc1. The van der Waals surface area contributed by atoms with Crippen molar-refractivity contribution in [3.63, 3.8) is 0 Å². The molecule has 2 aromatic rings. The van der Waals surface area contributed by atoms with Gasteiger partial charge in [-0.2, -0.15) is 0 Å². The zero-order valence-corrected chi connectivity index (χ0v) is 17.9. The molecule has 7 heteroatoms. The second-order valence-electron chi connectivity index (χ2n) is 7.52. The second-order valence-corrected chi connectivity index (χ2v) is 8.69. The molecule has 1 fully saturated rings. The number of thiophene rings is 1. The number of ketones is 1. The van der Waals surface area contributed by atoms with Crippen LogP contribution in [0.25, 0.3) is 0 Å². The van der Waals surface area contributed by atoms with E-state index in [1.807, 2.05) is 24.3 Å². The minimum atomic E-state index is -0.954. The molecule has 2 unspecified atom stereocenters. The van der Waals surface area contributed by atoms with Gasteiger partial charge >= 0.3 is 5.97 Å². The van der Waals surface area contributed by atoms with Crippen LogP contribution in [-0.4, -0.2) is 28.8 Å². The van der Waals surface area contributed by atoms with E-state index in [9.17, 15) is 14.4 Å². The lowest BCUT2D eigenvalue weighted by Gasteiger charge is -2.24. The summed E-state index contributed by atoms with van der Waals surface area (Å²) in [6.07, 6.45) is 4.35. The van der Waals surface area contributed by atoms with Crippen molar-refractivity contribution in [3.05, 3.63) is 57.3 Å². The number of Topliss-reactive ketones (excluding diaryl/α,β-unsaturated/α-hetero) is 1. The summed E-state index contributed by atoms with van der Waals surface area (Å²) in [7, 11) is 0. The largest absolute Gasteiger partial charge is 0.477 e. The first-order chi connectivity index (χ1) is 14.5. The molecule has 2 N–H and O–H groups in total. The number of amides is 1. The highest BCUT2D eigenvalue weighted by atomic mass is 32.1. The number of carboxylic acid groups (broad SMARTS) is 1. The summed E-state index contributed by atoms with van der Waals surface area (Å²) in [6.45, 7) is 2.37. The Bertz CT molecular complexity index is 889. The average Bonchev–Trinajstić information content (AvgIpc) is 3.38. The van der Waals surface area contributed by atoms with Gasteiger partial charge in [-0.15, -0.1) is 11.3 Å². The monoisotopic (exact) mass is 429 g/mol. The van der Waals surface area contributed by atoms with Crippen LogP contribution >= 0.6 is 11.3 Å². The van der Waals surface area contributed by atoms with Crippen molar-refractivity contribution >= 4 is 29.0 Å². The standard InChI is InChI=1S/C23H27NO5S/c1-2-3-4-5-19(25)15-6-8-16(9-7-15)22(18-11-13-21(26)24-18)29-14-17-10-12-20(30-17)23(27)28/h6-10,12,18,22H,2-5,11,13-14H2,1H3,(H,24,26)(H,27,28). The van der Waals surface area contributed by atoms with Crippen LogP contribution in [0.15, 0.2) is 36.4 Å². The maximum Gasteiger partial charge on any atom is 0.345 e. The van der Waals surface area contributed by atoms with Crippen LogP contribution in [-0.2, 0) is 16.1 Å². The Kier molecular flexibility index (Phi) is 7.76. The molecule has 0 aliphatic carbocycles. The quantitative estimate of drug-likeness (QED) is 0.397. The first kappa shape index (κ1) is 22.2. The number of ether oxygens (including phenoxy) is 1. The number of hydrogen-bond acceptors (Lipinski definition) is 5. The molecule has 1 aliphatic heterocycles. The van der Waals surface area contributed by atoms with Gasteiger partial charge in [0.15, 0.2) is 5.78 Å². The summed E-state index contributed by atoms with van der Waals surface area (Å²) in [4.78, 5) is 36.2. The third kappa shape index (κ3) is 5.77. The van der Waals surface area contributed by atoms with Crippen LogP contribution in [0.5, 0.6) is 0 Å². The van der Waals surface area contributed by atoms with Crippen molar-refractivity contribution in [2.75, 3.05) is 0 Å². The zero-order chi connectivity index (χ0) is 21.5. The van der Waals surface area contributed by atoms with Crippen LogP contribution in [0.3, 0.4) is 0 Å². The van der Waals surface area contributed by atoms with E-state index in [0.29, 0.717) is 24.8 Å². The molecular weight excluding hydrogens is 402 g/mol. The smallest absolute Gasteiger partial charge is 0.345 e. The van der Waals surface area contributed by atoms with Gasteiger partial charge in [0.25, 0.3) is 0 Å². The maximum atomic E-state index is 12.3. The molecule has 0 saturated carbocycles. The van der Waals surface area contributed by atoms with E-state index >= 15 is 0 Å². The predicted molar refractivity (Wildman–Crippen MR) is 115 cm³/mol. The molecule has 30 heavy (non-hydrogen) atoms. The normalized spacial score (nSPS) is 17.0. The molecule has 0 radical (unpaired) electrons. The lowest BCUT2D eigenvalue weighted by Crippen LogP contribution is -2.32. The average molecular weight is 430 g/mol. The van der Waals surface area contributed by atoms with Crippen LogP contribution in [0.2, 0.25) is 0 Å². The number of unbranched alkanes of at least 4 members (excludes halogenated alkanes) is 2. The first-order valence-electron chi connectivity index (χ1n) is 10.3. The highest BCUT2D eigenvalue weighted by molar-refractivity contribution is 7.13. The predicted octanol–water partition coefficient (Wildman–Crippen LogP) is 4.75. The number of rotatable bonds is 11. The number of hydrogen-bond donors (Lipinski definition) is 2.